The molecule has 0 N–H and O–H groups in total. The molecular formula is C25H27ClN2O2. The summed E-state index contributed by atoms with van der Waals surface area (Å²) in [6.07, 6.45) is 5.90. The Morgan fingerprint density at radius 2 is 1.87 bits per heavy atom. The van der Waals surface area contributed by atoms with Crippen LogP contribution in [0, 0.1) is 18.3 Å². The summed E-state index contributed by atoms with van der Waals surface area (Å²) in [4.78, 5) is 2.43. The molecule has 4 nitrogen and oxygen atoms in total. The van der Waals surface area contributed by atoms with Gasteiger partial charge in [-0.1, -0.05) is 23.7 Å². The Morgan fingerprint density at radius 1 is 1.10 bits per heavy atom. The van der Waals surface area contributed by atoms with Crippen molar-refractivity contribution in [3.63, 3.8) is 0 Å². The zero-order chi connectivity index (χ0) is 20.7. The lowest BCUT2D eigenvalue weighted by atomic mass is 9.77. The lowest BCUT2D eigenvalue weighted by Gasteiger charge is -2.38. The van der Waals surface area contributed by atoms with Gasteiger partial charge in [-0.25, -0.2) is 0 Å². The maximum Gasteiger partial charge on any atom is 0.172 e. The first-order valence-corrected chi connectivity index (χ1v) is 11.4. The number of nitrogens with zero attached hydrogens (tertiary/aromatic N) is 2. The minimum Gasteiger partial charge on any atom is -0.370 e. The number of halogens is 1. The Kier molecular flexibility index (Phi) is 5.23. The summed E-state index contributed by atoms with van der Waals surface area (Å²) in [5, 5.41) is 11.0. The molecule has 1 aliphatic carbocycles. The maximum atomic E-state index is 10.2. The number of fused-ring (bicyclic) bond motifs is 1. The van der Waals surface area contributed by atoms with E-state index >= 15 is 0 Å². The summed E-state index contributed by atoms with van der Waals surface area (Å²) in [5.41, 5.74) is 7.81. The molecule has 0 bridgehead atoms. The molecule has 2 aliphatic heterocycles. The van der Waals surface area contributed by atoms with Gasteiger partial charge in [-0.05, 0) is 72.6 Å². The van der Waals surface area contributed by atoms with Gasteiger partial charge in [-0.15, -0.1) is 0 Å². The van der Waals surface area contributed by atoms with Crippen molar-refractivity contribution in [3.8, 4) is 17.2 Å². The second-order valence-corrected chi connectivity index (χ2v) is 9.07. The van der Waals surface area contributed by atoms with Crippen LogP contribution >= 0.6 is 11.6 Å². The molecule has 2 saturated heterocycles. The van der Waals surface area contributed by atoms with Crippen molar-refractivity contribution in [2.45, 2.75) is 51.2 Å². The van der Waals surface area contributed by atoms with Crippen LogP contribution in [0.4, 0.5) is 5.69 Å². The fraction of sp³-hybridized carbons (Fsp3) is 0.480. The fourth-order valence-corrected chi connectivity index (χ4v) is 5.72. The van der Waals surface area contributed by atoms with Gasteiger partial charge < -0.3 is 14.4 Å². The van der Waals surface area contributed by atoms with Crippen molar-refractivity contribution >= 4 is 17.3 Å². The highest BCUT2D eigenvalue weighted by Gasteiger charge is 2.42. The lowest BCUT2D eigenvalue weighted by Crippen LogP contribution is -2.38. The quantitative estimate of drug-likeness (QED) is 0.649. The SMILES string of the molecule is Cc1c(-c2cccc(Cl)c2)c2c(c(C#N)c1N1CCCCC1)CCC1(C2)OCCO1. The molecule has 0 aromatic heterocycles. The second-order valence-electron chi connectivity index (χ2n) is 8.63. The van der Waals surface area contributed by atoms with Crippen molar-refractivity contribution in [1.82, 2.24) is 0 Å². The van der Waals surface area contributed by atoms with E-state index in [1.54, 1.807) is 0 Å². The van der Waals surface area contributed by atoms with Crippen LogP contribution in [-0.2, 0) is 22.3 Å². The molecule has 30 heavy (non-hydrogen) atoms. The van der Waals surface area contributed by atoms with Crippen molar-refractivity contribution in [2.24, 2.45) is 0 Å². The number of piperidine rings is 1. The van der Waals surface area contributed by atoms with Crippen molar-refractivity contribution in [3.05, 3.63) is 51.5 Å². The van der Waals surface area contributed by atoms with Crippen LogP contribution < -0.4 is 4.90 Å². The number of rotatable bonds is 2. The average molecular weight is 423 g/mol. The molecule has 3 aliphatic rings. The molecule has 2 fully saturated rings. The molecule has 2 aromatic rings. The number of nitriles is 1. The van der Waals surface area contributed by atoms with E-state index in [2.05, 4.69) is 24.0 Å². The highest BCUT2D eigenvalue weighted by Crippen LogP contribution is 2.47. The molecule has 5 rings (SSSR count). The van der Waals surface area contributed by atoms with Crippen LogP contribution in [0.2, 0.25) is 5.02 Å². The van der Waals surface area contributed by atoms with Gasteiger partial charge in [0.25, 0.3) is 0 Å². The first-order chi connectivity index (χ1) is 14.6. The van der Waals surface area contributed by atoms with Gasteiger partial charge in [0.2, 0.25) is 0 Å². The fourth-order valence-electron chi connectivity index (χ4n) is 5.53. The molecule has 1 spiro atoms. The molecule has 0 unspecified atom stereocenters. The maximum absolute atomic E-state index is 10.2. The van der Waals surface area contributed by atoms with E-state index in [0.717, 1.165) is 47.8 Å². The molecule has 2 aromatic carbocycles. The topological polar surface area (TPSA) is 45.5 Å². The Hall–Kier alpha value is -2.06. The molecule has 0 radical (unpaired) electrons. The highest BCUT2D eigenvalue weighted by molar-refractivity contribution is 6.30. The molecule has 0 amide bonds. The van der Waals surface area contributed by atoms with Gasteiger partial charge in [-0.2, -0.15) is 5.26 Å². The van der Waals surface area contributed by atoms with Crippen LogP contribution in [0.1, 0.15) is 47.9 Å². The third-order valence-electron chi connectivity index (χ3n) is 6.85. The minimum atomic E-state index is -0.549. The number of ether oxygens (including phenoxy) is 2. The molecular weight excluding hydrogens is 396 g/mol. The monoisotopic (exact) mass is 422 g/mol. The third kappa shape index (κ3) is 3.30. The van der Waals surface area contributed by atoms with E-state index in [1.165, 1.54) is 41.5 Å². The van der Waals surface area contributed by atoms with Crippen molar-refractivity contribution in [2.75, 3.05) is 31.2 Å². The Labute approximate surface area is 183 Å². The van der Waals surface area contributed by atoms with Crippen LogP contribution in [0.25, 0.3) is 11.1 Å². The third-order valence-corrected chi connectivity index (χ3v) is 7.08. The molecule has 0 atom stereocenters. The number of hydrogen-bond acceptors (Lipinski definition) is 4. The summed E-state index contributed by atoms with van der Waals surface area (Å²) < 4.78 is 12.1. The standard InChI is InChI=1S/C25H27ClN2O2/c1-17-23(18-6-5-7-19(26)14-18)21-15-25(29-12-13-30-25)9-8-20(21)22(16-27)24(17)28-10-3-2-4-11-28/h5-7,14H,2-4,8-13,15H2,1H3. The molecule has 0 saturated carbocycles. The Bertz CT molecular complexity index is 1010. The van der Waals surface area contributed by atoms with Crippen LogP contribution in [-0.4, -0.2) is 32.1 Å². The Morgan fingerprint density at radius 3 is 2.57 bits per heavy atom. The number of hydrogen-bond donors (Lipinski definition) is 0. The van der Waals surface area contributed by atoms with Gasteiger partial charge in [0.05, 0.1) is 24.5 Å². The predicted octanol–water partition coefficient (Wildman–Crippen LogP) is 5.41. The minimum absolute atomic E-state index is 0.549. The van der Waals surface area contributed by atoms with Crippen LogP contribution in [0.3, 0.4) is 0 Å². The first kappa shape index (κ1) is 19.9. The van der Waals surface area contributed by atoms with Gasteiger partial charge in [0, 0.05) is 31.0 Å². The second kappa shape index (κ2) is 7.89. The summed E-state index contributed by atoms with van der Waals surface area (Å²) in [5.74, 6) is -0.549. The lowest BCUT2D eigenvalue weighted by molar-refractivity contribution is -0.163. The van der Waals surface area contributed by atoms with Crippen LogP contribution in [0.5, 0.6) is 0 Å². The number of benzene rings is 2. The van der Waals surface area contributed by atoms with E-state index in [9.17, 15) is 5.26 Å². The van der Waals surface area contributed by atoms with E-state index in [1.807, 2.05) is 18.2 Å². The smallest absolute Gasteiger partial charge is 0.172 e. The number of anilines is 1. The molecule has 5 heteroatoms. The average Bonchev–Trinajstić information content (AvgIpc) is 3.21. The summed E-state index contributed by atoms with van der Waals surface area (Å²) in [7, 11) is 0. The Balaban J connectivity index is 1.76. The summed E-state index contributed by atoms with van der Waals surface area (Å²) >= 11 is 6.39. The zero-order valence-corrected chi connectivity index (χ0v) is 18.2. The van der Waals surface area contributed by atoms with Gasteiger partial charge in [0.1, 0.15) is 6.07 Å². The van der Waals surface area contributed by atoms with E-state index in [-0.39, 0.29) is 0 Å². The zero-order valence-electron chi connectivity index (χ0n) is 17.5. The highest BCUT2D eigenvalue weighted by atomic mass is 35.5. The van der Waals surface area contributed by atoms with Crippen LogP contribution in [0.15, 0.2) is 24.3 Å². The van der Waals surface area contributed by atoms with E-state index < -0.39 is 5.79 Å². The molecule has 2 heterocycles. The summed E-state index contributed by atoms with van der Waals surface area (Å²) in [6.45, 7) is 5.47. The predicted molar refractivity (Wildman–Crippen MR) is 119 cm³/mol. The van der Waals surface area contributed by atoms with Gasteiger partial charge >= 0.3 is 0 Å². The normalized spacial score (nSPS) is 20.2. The van der Waals surface area contributed by atoms with Crippen molar-refractivity contribution in [1.29, 1.82) is 5.26 Å². The summed E-state index contributed by atoms with van der Waals surface area (Å²) in [6, 6.07) is 10.7. The van der Waals surface area contributed by atoms with Gasteiger partial charge in [-0.3, -0.25) is 0 Å². The van der Waals surface area contributed by atoms with E-state index in [4.69, 9.17) is 21.1 Å². The van der Waals surface area contributed by atoms with E-state index in [0.29, 0.717) is 19.6 Å². The van der Waals surface area contributed by atoms with Crippen molar-refractivity contribution < 1.29 is 9.47 Å². The first-order valence-electron chi connectivity index (χ1n) is 11.0. The largest absolute Gasteiger partial charge is 0.370 e. The van der Waals surface area contributed by atoms with Gasteiger partial charge in [0.15, 0.2) is 5.79 Å². The molecule has 156 valence electrons.